The topological polar surface area (TPSA) is 37.3 Å². The molecule has 0 saturated heterocycles. The van der Waals surface area contributed by atoms with Crippen molar-refractivity contribution in [2.24, 2.45) is 11.8 Å². The van der Waals surface area contributed by atoms with Gasteiger partial charge in [-0.15, -0.1) is 0 Å². The Kier molecular flexibility index (Phi) is 6.51. The molecule has 1 aliphatic carbocycles. The summed E-state index contributed by atoms with van der Waals surface area (Å²) in [6.07, 6.45) is 12.0. The lowest BCUT2D eigenvalue weighted by Crippen LogP contribution is -2.14. The van der Waals surface area contributed by atoms with Gasteiger partial charge in [0.2, 0.25) is 0 Å². The maximum absolute atomic E-state index is 11.0. The smallest absolute Gasteiger partial charge is 0.306 e. The van der Waals surface area contributed by atoms with E-state index >= 15 is 0 Å². The van der Waals surface area contributed by atoms with E-state index in [2.05, 4.69) is 6.92 Å². The first-order valence-electron chi connectivity index (χ1n) is 6.96. The van der Waals surface area contributed by atoms with Crippen molar-refractivity contribution in [3.05, 3.63) is 0 Å². The maximum atomic E-state index is 11.0. The summed E-state index contributed by atoms with van der Waals surface area (Å²) in [5, 5.41) is 9.04. The molecule has 1 aliphatic rings. The molecule has 0 aromatic rings. The van der Waals surface area contributed by atoms with E-state index in [1.165, 1.54) is 38.5 Å². The maximum Gasteiger partial charge on any atom is 0.306 e. The van der Waals surface area contributed by atoms with Gasteiger partial charge < -0.3 is 5.11 Å². The highest BCUT2D eigenvalue weighted by molar-refractivity contribution is 5.69. The molecule has 0 heterocycles. The Morgan fingerprint density at radius 1 is 1.25 bits per heavy atom. The lowest BCUT2D eigenvalue weighted by atomic mass is 9.84. The normalized spacial score (nSPS) is 19.6. The minimum Gasteiger partial charge on any atom is -0.481 e. The average molecular weight is 226 g/mol. The van der Waals surface area contributed by atoms with E-state index in [0.717, 1.165) is 31.6 Å². The molecule has 1 unspecified atom stereocenters. The molecule has 1 rings (SSSR count). The van der Waals surface area contributed by atoms with Gasteiger partial charge >= 0.3 is 5.97 Å². The van der Waals surface area contributed by atoms with Gasteiger partial charge in [-0.05, 0) is 18.8 Å². The third-order valence-corrected chi connectivity index (χ3v) is 3.88. The summed E-state index contributed by atoms with van der Waals surface area (Å²) in [5.41, 5.74) is 0. The first-order valence-corrected chi connectivity index (χ1v) is 6.96. The molecule has 1 atom stereocenters. The highest BCUT2D eigenvalue weighted by Crippen LogP contribution is 2.28. The average Bonchev–Trinajstić information content (AvgIpc) is 2.29. The van der Waals surface area contributed by atoms with E-state index in [4.69, 9.17) is 5.11 Å². The SMILES string of the molecule is CCCC(CCCC1CCCCC1)C(=O)O. The molecule has 0 bridgehead atoms. The van der Waals surface area contributed by atoms with E-state index in [1.54, 1.807) is 0 Å². The van der Waals surface area contributed by atoms with Crippen molar-refractivity contribution >= 4 is 5.97 Å². The second kappa shape index (κ2) is 7.70. The Balaban J connectivity index is 2.13. The molecule has 94 valence electrons. The second-order valence-corrected chi connectivity index (χ2v) is 5.26. The van der Waals surface area contributed by atoms with Crippen LogP contribution < -0.4 is 0 Å². The van der Waals surface area contributed by atoms with Gasteiger partial charge in [-0.3, -0.25) is 4.79 Å². The molecule has 0 aromatic carbocycles. The molecule has 1 N–H and O–H groups in total. The van der Waals surface area contributed by atoms with Crippen molar-refractivity contribution in [2.45, 2.75) is 71.1 Å². The Morgan fingerprint density at radius 3 is 2.50 bits per heavy atom. The van der Waals surface area contributed by atoms with Gasteiger partial charge in [-0.1, -0.05) is 58.3 Å². The fourth-order valence-electron chi connectivity index (χ4n) is 2.87. The standard InChI is InChI=1S/C14H26O2/c1-2-7-13(14(15)16)11-6-10-12-8-4-3-5-9-12/h12-13H,2-11H2,1H3,(H,15,16). The van der Waals surface area contributed by atoms with Gasteiger partial charge in [0.05, 0.1) is 5.92 Å². The number of carboxylic acids is 1. The first-order chi connectivity index (χ1) is 7.74. The highest BCUT2D eigenvalue weighted by atomic mass is 16.4. The van der Waals surface area contributed by atoms with Gasteiger partial charge in [0.15, 0.2) is 0 Å². The van der Waals surface area contributed by atoms with Crippen LogP contribution in [-0.4, -0.2) is 11.1 Å². The quantitative estimate of drug-likeness (QED) is 0.705. The molecule has 0 amide bonds. The molecule has 1 fully saturated rings. The third kappa shape index (κ3) is 5.00. The van der Waals surface area contributed by atoms with Crippen molar-refractivity contribution in [1.82, 2.24) is 0 Å². The van der Waals surface area contributed by atoms with Gasteiger partial charge in [-0.25, -0.2) is 0 Å². The summed E-state index contributed by atoms with van der Waals surface area (Å²) < 4.78 is 0. The zero-order valence-electron chi connectivity index (χ0n) is 10.6. The van der Waals surface area contributed by atoms with Crippen molar-refractivity contribution in [1.29, 1.82) is 0 Å². The van der Waals surface area contributed by atoms with Crippen LogP contribution in [0.3, 0.4) is 0 Å². The molecular formula is C14H26O2. The number of carboxylic acid groups (broad SMARTS) is 1. The fraction of sp³-hybridized carbons (Fsp3) is 0.929. The van der Waals surface area contributed by atoms with E-state index in [1.807, 2.05) is 0 Å². The van der Waals surface area contributed by atoms with E-state index in [-0.39, 0.29) is 5.92 Å². The summed E-state index contributed by atoms with van der Waals surface area (Å²) in [5.74, 6) is 0.212. The predicted molar refractivity (Wildman–Crippen MR) is 66.5 cm³/mol. The lowest BCUT2D eigenvalue weighted by molar-refractivity contribution is -0.142. The second-order valence-electron chi connectivity index (χ2n) is 5.26. The molecule has 0 aromatic heterocycles. The summed E-state index contributed by atoms with van der Waals surface area (Å²) in [6, 6.07) is 0. The van der Waals surface area contributed by atoms with Crippen molar-refractivity contribution in [3.8, 4) is 0 Å². The Morgan fingerprint density at radius 2 is 1.94 bits per heavy atom. The minimum atomic E-state index is -0.592. The molecule has 16 heavy (non-hydrogen) atoms. The first kappa shape index (κ1) is 13.5. The van der Waals surface area contributed by atoms with Crippen LogP contribution in [0.4, 0.5) is 0 Å². The summed E-state index contributed by atoms with van der Waals surface area (Å²) in [7, 11) is 0. The van der Waals surface area contributed by atoms with Crippen LogP contribution in [-0.2, 0) is 4.79 Å². The summed E-state index contributed by atoms with van der Waals surface area (Å²) in [4.78, 5) is 11.0. The Labute approximate surface area is 99.4 Å². The van der Waals surface area contributed by atoms with Crippen LogP contribution in [0.5, 0.6) is 0 Å². The van der Waals surface area contributed by atoms with Gasteiger partial charge in [0.25, 0.3) is 0 Å². The number of carbonyl (C=O) groups is 1. The molecular weight excluding hydrogens is 200 g/mol. The van der Waals surface area contributed by atoms with Crippen LogP contribution in [0.25, 0.3) is 0 Å². The van der Waals surface area contributed by atoms with Crippen LogP contribution in [0, 0.1) is 11.8 Å². The van der Waals surface area contributed by atoms with Gasteiger partial charge in [0.1, 0.15) is 0 Å². The van der Waals surface area contributed by atoms with Gasteiger partial charge in [0, 0.05) is 0 Å². The van der Waals surface area contributed by atoms with Crippen molar-refractivity contribution < 1.29 is 9.90 Å². The van der Waals surface area contributed by atoms with Crippen LogP contribution in [0.2, 0.25) is 0 Å². The summed E-state index contributed by atoms with van der Waals surface area (Å²) in [6.45, 7) is 2.07. The largest absolute Gasteiger partial charge is 0.481 e. The van der Waals surface area contributed by atoms with Crippen molar-refractivity contribution in [3.63, 3.8) is 0 Å². The summed E-state index contributed by atoms with van der Waals surface area (Å²) >= 11 is 0. The predicted octanol–water partition coefficient (Wildman–Crippen LogP) is 4.24. The molecule has 0 spiro atoms. The van der Waals surface area contributed by atoms with Gasteiger partial charge in [-0.2, -0.15) is 0 Å². The molecule has 1 saturated carbocycles. The molecule has 0 aliphatic heterocycles. The van der Waals surface area contributed by atoms with E-state index in [9.17, 15) is 4.79 Å². The molecule has 2 nitrogen and oxygen atoms in total. The van der Waals surface area contributed by atoms with Crippen LogP contribution >= 0.6 is 0 Å². The molecule has 0 radical (unpaired) electrons. The number of hydrogen-bond acceptors (Lipinski definition) is 1. The van der Waals surface area contributed by atoms with E-state index in [0.29, 0.717) is 0 Å². The zero-order chi connectivity index (χ0) is 11.8. The zero-order valence-corrected chi connectivity index (χ0v) is 10.6. The highest BCUT2D eigenvalue weighted by Gasteiger charge is 2.18. The van der Waals surface area contributed by atoms with Crippen LogP contribution in [0.15, 0.2) is 0 Å². The van der Waals surface area contributed by atoms with Crippen LogP contribution in [0.1, 0.15) is 71.1 Å². The van der Waals surface area contributed by atoms with Crippen molar-refractivity contribution in [2.75, 3.05) is 0 Å². The lowest BCUT2D eigenvalue weighted by Gasteiger charge is -2.22. The monoisotopic (exact) mass is 226 g/mol. The number of aliphatic carboxylic acids is 1. The number of rotatable bonds is 7. The third-order valence-electron chi connectivity index (χ3n) is 3.88. The number of hydrogen-bond donors (Lipinski definition) is 1. The molecule has 2 heteroatoms. The van der Waals surface area contributed by atoms with E-state index < -0.39 is 5.97 Å². The Bertz CT molecular complexity index is 195. The minimum absolute atomic E-state index is 0.0893. The Hall–Kier alpha value is -0.530. The fourth-order valence-corrected chi connectivity index (χ4v) is 2.87.